The lowest BCUT2D eigenvalue weighted by molar-refractivity contribution is 1.67. The maximum Gasteiger partial charge on any atom is 0.182 e. The van der Waals surface area contributed by atoms with Gasteiger partial charge in [-0.05, 0) is 162 Å². The van der Waals surface area contributed by atoms with Gasteiger partial charge in [-0.2, -0.15) is 0 Å². The highest BCUT2D eigenvalue weighted by Gasteiger charge is 2.55. The summed E-state index contributed by atoms with van der Waals surface area (Å²) in [7, 11) is -5.34. The van der Waals surface area contributed by atoms with Crippen LogP contribution < -0.4 is 41.5 Å². The molecule has 4 aliphatic heterocycles. The van der Waals surface area contributed by atoms with Crippen molar-refractivity contribution in [3.05, 3.63) is 279 Å². The molecule has 0 saturated carbocycles. The molecular weight excluding hydrogens is 969 g/mol. The van der Waals surface area contributed by atoms with E-state index in [0.29, 0.717) is 0 Å². The molecule has 0 nitrogen and oxygen atoms in total. The second-order valence-corrected chi connectivity index (χ2v) is 29.3. The fraction of sp³-hybridized carbons (Fsp3) is 0. The van der Waals surface area contributed by atoms with Crippen LogP contribution in [-0.2, 0) is 0 Å². The van der Waals surface area contributed by atoms with Crippen molar-refractivity contribution in [2.45, 2.75) is 0 Å². The molecule has 14 aromatic carbocycles. The van der Waals surface area contributed by atoms with E-state index in [4.69, 9.17) is 0 Å². The normalized spacial score (nSPS) is 14.1. The van der Waals surface area contributed by atoms with Crippen molar-refractivity contribution in [1.82, 2.24) is 0 Å². The molecule has 18 rings (SSSR count). The lowest BCUT2D eigenvalue weighted by Gasteiger charge is -2.28. The number of fused-ring (bicyclic) bond motifs is 24. The van der Waals surface area contributed by atoms with E-state index in [-0.39, 0.29) is 0 Å². The summed E-state index contributed by atoms with van der Waals surface area (Å²) >= 11 is 0. The molecule has 0 amide bonds. The molecule has 0 aromatic heterocycles. The van der Waals surface area contributed by atoms with Gasteiger partial charge in [-0.1, -0.05) is 279 Å². The Balaban J connectivity index is 0.890. The fourth-order valence-corrected chi connectivity index (χ4v) is 27.2. The second-order valence-electron chi connectivity index (χ2n) is 22.0. The molecule has 4 aliphatic rings. The van der Waals surface area contributed by atoms with Crippen LogP contribution >= 0.6 is 0 Å². The Labute approximate surface area is 454 Å². The highest BCUT2D eigenvalue weighted by atomic mass is 28.3. The Kier molecular flexibility index (Phi) is 8.54. The molecule has 358 valence electrons. The van der Waals surface area contributed by atoms with Crippen LogP contribution in [0.4, 0.5) is 0 Å². The van der Waals surface area contributed by atoms with Crippen molar-refractivity contribution in [2.24, 2.45) is 0 Å². The van der Waals surface area contributed by atoms with E-state index in [1.807, 2.05) is 0 Å². The van der Waals surface area contributed by atoms with E-state index in [2.05, 4.69) is 279 Å². The summed E-state index contributed by atoms with van der Waals surface area (Å²) in [5.74, 6) is 0. The lowest BCUT2D eigenvalue weighted by atomic mass is 9.81. The molecule has 0 atom stereocenters. The SMILES string of the molecule is c1ccc2c(c1)-c1ccccc1[Si]21c2ccccc2-c2ccc(-c3c4ccccc4c(-c4c5ccccc5c(-c5ccc6c(c5)[Si]5(c7ccccc7-c7ccccc75)c5ccccc5-6)c5ccccc45)c4ccccc34)cc21. The molecule has 4 heterocycles. The number of benzene rings is 14. The predicted octanol–water partition coefficient (Wildman–Crippen LogP) is 14.0. The molecule has 0 fully saturated rings. The maximum atomic E-state index is 2.62. The van der Waals surface area contributed by atoms with Crippen LogP contribution in [0.3, 0.4) is 0 Å². The van der Waals surface area contributed by atoms with Gasteiger partial charge in [-0.3, -0.25) is 0 Å². The van der Waals surface area contributed by atoms with E-state index in [1.54, 1.807) is 0 Å². The van der Waals surface area contributed by atoms with Crippen LogP contribution in [-0.4, -0.2) is 16.1 Å². The van der Waals surface area contributed by atoms with E-state index in [0.717, 1.165) is 0 Å². The molecule has 0 unspecified atom stereocenters. The summed E-state index contributed by atoms with van der Waals surface area (Å²) in [6.07, 6.45) is 0. The zero-order valence-electron chi connectivity index (χ0n) is 42.6. The van der Waals surface area contributed by atoms with Crippen LogP contribution in [0.1, 0.15) is 0 Å². The molecular formula is C76H46Si2. The first-order valence-corrected chi connectivity index (χ1v) is 31.5. The molecule has 2 heteroatoms. The van der Waals surface area contributed by atoms with E-state index in [1.165, 1.54) is 162 Å². The van der Waals surface area contributed by atoms with Gasteiger partial charge in [0.1, 0.15) is 0 Å². The number of hydrogen-bond acceptors (Lipinski definition) is 0. The zero-order valence-corrected chi connectivity index (χ0v) is 44.6. The quantitative estimate of drug-likeness (QED) is 0.122. The van der Waals surface area contributed by atoms with E-state index in [9.17, 15) is 0 Å². The number of hydrogen-bond donors (Lipinski definition) is 0. The minimum Gasteiger partial charge on any atom is -0.0623 e. The van der Waals surface area contributed by atoms with Crippen molar-refractivity contribution >= 4 is 101 Å². The molecule has 0 aliphatic carbocycles. The molecule has 0 bridgehead atoms. The van der Waals surface area contributed by atoms with Gasteiger partial charge in [0.2, 0.25) is 0 Å². The van der Waals surface area contributed by atoms with Crippen LogP contribution in [0.5, 0.6) is 0 Å². The Hall–Kier alpha value is -9.45. The van der Waals surface area contributed by atoms with Crippen molar-refractivity contribution < 1.29 is 0 Å². The summed E-state index contributed by atoms with van der Waals surface area (Å²) in [5, 5.41) is 22.2. The topological polar surface area (TPSA) is 0 Å². The monoisotopic (exact) mass is 1010 g/mol. The summed E-state index contributed by atoms with van der Waals surface area (Å²) in [6.45, 7) is 0. The van der Waals surface area contributed by atoms with Crippen molar-refractivity contribution in [3.8, 4) is 77.9 Å². The smallest absolute Gasteiger partial charge is 0.0623 e. The van der Waals surface area contributed by atoms with E-state index >= 15 is 0 Å². The highest BCUT2D eigenvalue weighted by Crippen LogP contribution is 2.51. The average molecular weight is 1020 g/mol. The first-order valence-electron chi connectivity index (χ1n) is 27.5. The lowest BCUT2D eigenvalue weighted by Crippen LogP contribution is -2.70. The maximum absolute atomic E-state index is 2.67. The standard InChI is InChI=1S/C76H46Si2/c1-5-31-61-57(27-1)73(47-41-43-55-53-25-13-19-39-69(53)77(71(55)45-47)65-35-15-9-21-49(65)50-22-10-16-36-66(50)77)58-28-2-6-32-62(58)75(61)76-63-33-7-3-29-59(63)74(60-30-4-8-34-64(60)76)48-42-44-56-54-26-14-20-40-70(54)78(72(56)46-48)67-37-17-11-23-51(67)52-24-12-18-38-68(52)78/h1-46H. The minimum atomic E-state index is -2.67. The Morgan fingerprint density at radius 1 is 0.154 bits per heavy atom. The van der Waals surface area contributed by atoms with Crippen LogP contribution in [0.2, 0.25) is 0 Å². The molecule has 78 heavy (non-hydrogen) atoms. The highest BCUT2D eigenvalue weighted by molar-refractivity contribution is 7.25. The van der Waals surface area contributed by atoms with Gasteiger partial charge in [0.15, 0.2) is 16.1 Å². The Morgan fingerprint density at radius 3 is 0.590 bits per heavy atom. The van der Waals surface area contributed by atoms with Gasteiger partial charge in [-0.25, -0.2) is 0 Å². The molecule has 2 spiro atoms. The summed E-state index contributed by atoms with van der Waals surface area (Å²) in [5.41, 5.74) is 18.8. The third-order valence-electron chi connectivity index (χ3n) is 18.7. The van der Waals surface area contributed by atoms with Gasteiger partial charge in [0.05, 0.1) is 0 Å². The molecule has 0 N–H and O–H groups in total. The third-order valence-corrected chi connectivity index (χ3v) is 28.6. The second kappa shape index (κ2) is 15.6. The van der Waals surface area contributed by atoms with Gasteiger partial charge in [0, 0.05) is 0 Å². The minimum absolute atomic E-state index is 1.27. The van der Waals surface area contributed by atoms with Crippen LogP contribution in [0, 0.1) is 0 Å². The Morgan fingerprint density at radius 2 is 0.346 bits per heavy atom. The molecule has 0 saturated heterocycles. The van der Waals surface area contributed by atoms with Crippen molar-refractivity contribution in [3.63, 3.8) is 0 Å². The van der Waals surface area contributed by atoms with Gasteiger partial charge in [-0.15, -0.1) is 0 Å². The van der Waals surface area contributed by atoms with Crippen molar-refractivity contribution in [1.29, 1.82) is 0 Å². The van der Waals surface area contributed by atoms with Gasteiger partial charge >= 0.3 is 0 Å². The number of rotatable bonds is 3. The molecule has 14 aromatic rings. The van der Waals surface area contributed by atoms with Crippen LogP contribution in [0.15, 0.2) is 279 Å². The zero-order chi connectivity index (χ0) is 50.8. The van der Waals surface area contributed by atoms with Gasteiger partial charge in [0.25, 0.3) is 0 Å². The van der Waals surface area contributed by atoms with Gasteiger partial charge < -0.3 is 0 Å². The largest absolute Gasteiger partial charge is 0.182 e. The summed E-state index contributed by atoms with van der Waals surface area (Å²) < 4.78 is 0. The van der Waals surface area contributed by atoms with Crippen molar-refractivity contribution in [2.75, 3.05) is 0 Å². The predicted molar refractivity (Wildman–Crippen MR) is 336 cm³/mol. The Bertz CT molecular complexity index is 4440. The van der Waals surface area contributed by atoms with Crippen LogP contribution in [0.25, 0.3) is 121 Å². The average Bonchev–Trinajstić information content (AvgIpc) is 3.22. The first-order chi connectivity index (χ1) is 38.7. The molecule has 0 radical (unpaired) electrons. The fourth-order valence-electron chi connectivity index (χ4n) is 15.9. The third kappa shape index (κ3) is 5.20. The first kappa shape index (κ1) is 42.7. The van der Waals surface area contributed by atoms with E-state index < -0.39 is 16.1 Å². The summed E-state index contributed by atoms with van der Waals surface area (Å²) in [4.78, 5) is 0. The summed E-state index contributed by atoms with van der Waals surface area (Å²) in [6, 6.07) is 108.